The largest absolute Gasteiger partial charge is 0.462 e. The Bertz CT molecular complexity index is 196. The van der Waals surface area contributed by atoms with Crippen molar-refractivity contribution in [2.75, 3.05) is 0 Å². The highest BCUT2D eigenvalue weighted by molar-refractivity contribution is 5.73. The second-order valence-corrected chi connectivity index (χ2v) is 4.78. The van der Waals surface area contributed by atoms with Gasteiger partial charge in [-0.1, -0.05) is 34.1 Å². The highest BCUT2D eigenvalue weighted by Gasteiger charge is 2.35. The smallest absolute Gasteiger partial charge is 0.308 e. The number of rotatable bonds is 3. The Morgan fingerprint density at radius 2 is 2.14 bits per heavy atom. The van der Waals surface area contributed by atoms with Crippen molar-refractivity contribution >= 4 is 5.97 Å². The molecule has 1 fully saturated rings. The summed E-state index contributed by atoms with van der Waals surface area (Å²) in [6, 6.07) is 0. The zero-order valence-electron chi connectivity index (χ0n) is 9.75. The Balaban J connectivity index is 2.56. The van der Waals surface area contributed by atoms with Crippen molar-refractivity contribution in [3.8, 4) is 0 Å². The summed E-state index contributed by atoms with van der Waals surface area (Å²) in [4.78, 5) is 11.4. The fraction of sp³-hybridized carbons (Fsp3) is 0.917. The molecular formula is C12H22O2. The van der Waals surface area contributed by atoms with Gasteiger partial charge in [-0.2, -0.15) is 0 Å². The molecule has 1 aliphatic heterocycles. The lowest BCUT2D eigenvalue weighted by Gasteiger charge is -2.35. The van der Waals surface area contributed by atoms with E-state index in [4.69, 9.17) is 4.74 Å². The quantitative estimate of drug-likeness (QED) is 0.652. The third-order valence-electron chi connectivity index (χ3n) is 3.25. The fourth-order valence-electron chi connectivity index (χ4n) is 2.45. The molecule has 0 radical (unpaired) electrons. The van der Waals surface area contributed by atoms with E-state index in [0.717, 1.165) is 19.3 Å². The molecule has 2 nitrogen and oxygen atoms in total. The average Bonchev–Trinajstić information content (AvgIpc) is 2.11. The van der Waals surface area contributed by atoms with Crippen molar-refractivity contribution < 1.29 is 9.53 Å². The van der Waals surface area contributed by atoms with Gasteiger partial charge in [0.05, 0.1) is 5.92 Å². The molecule has 1 rings (SSSR count). The molecule has 14 heavy (non-hydrogen) atoms. The van der Waals surface area contributed by atoms with Crippen LogP contribution in [0.2, 0.25) is 0 Å². The monoisotopic (exact) mass is 198 g/mol. The number of hydrogen-bond donors (Lipinski definition) is 0. The van der Waals surface area contributed by atoms with E-state index >= 15 is 0 Å². The molecule has 2 heteroatoms. The third kappa shape index (κ3) is 2.49. The minimum absolute atomic E-state index is 0.00365. The molecule has 0 unspecified atom stereocenters. The molecule has 82 valence electrons. The second kappa shape index (κ2) is 4.81. The lowest BCUT2D eigenvalue weighted by atomic mass is 9.82. The third-order valence-corrected chi connectivity index (χ3v) is 3.25. The van der Waals surface area contributed by atoms with Gasteiger partial charge in [0.2, 0.25) is 0 Å². The highest BCUT2D eigenvalue weighted by Crippen LogP contribution is 2.31. The van der Waals surface area contributed by atoms with Gasteiger partial charge in [0.15, 0.2) is 0 Å². The number of ether oxygens (including phenoxy) is 1. The first-order chi connectivity index (χ1) is 6.56. The summed E-state index contributed by atoms with van der Waals surface area (Å²) in [7, 11) is 0. The van der Waals surface area contributed by atoms with Crippen molar-refractivity contribution in [1.82, 2.24) is 0 Å². The second-order valence-electron chi connectivity index (χ2n) is 4.78. The van der Waals surface area contributed by atoms with E-state index in [1.165, 1.54) is 0 Å². The van der Waals surface area contributed by atoms with Crippen molar-refractivity contribution in [2.45, 2.75) is 53.1 Å². The van der Waals surface area contributed by atoms with E-state index in [2.05, 4.69) is 20.8 Å². The van der Waals surface area contributed by atoms with E-state index in [9.17, 15) is 4.79 Å². The molecule has 0 bridgehead atoms. The van der Waals surface area contributed by atoms with Crippen LogP contribution in [0.15, 0.2) is 0 Å². The minimum atomic E-state index is -0.00365. The van der Waals surface area contributed by atoms with Gasteiger partial charge in [-0.05, 0) is 24.7 Å². The molecule has 1 heterocycles. The molecule has 1 aliphatic rings. The van der Waals surface area contributed by atoms with Crippen LogP contribution in [0.1, 0.15) is 47.0 Å². The van der Waals surface area contributed by atoms with Crippen molar-refractivity contribution in [1.29, 1.82) is 0 Å². The highest BCUT2D eigenvalue weighted by atomic mass is 16.5. The van der Waals surface area contributed by atoms with Gasteiger partial charge in [0.25, 0.3) is 0 Å². The summed E-state index contributed by atoms with van der Waals surface area (Å²) >= 11 is 0. The first-order valence-electron chi connectivity index (χ1n) is 5.76. The maximum absolute atomic E-state index is 11.4. The van der Waals surface area contributed by atoms with E-state index in [-0.39, 0.29) is 18.0 Å². The van der Waals surface area contributed by atoms with Crippen LogP contribution in [-0.4, -0.2) is 12.1 Å². The molecule has 0 aromatic rings. The zero-order chi connectivity index (χ0) is 10.7. The molecule has 0 spiro atoms. The Hall–Kier alpha value is -0.530. The first-order valence-corrected chi connectivity index (χ1v) is 5.76. The topological polar surface area (TPSA) is 26.3 Å². The Kier molecular flexibility index (Phi) is 3.97. The summed E-state index contributed by atoms with van der Waals surface area (Å²) in [6.45, 7) is 8.52. The van der Waals surface area contributed by atoms with E-state index < -0.39 is 0 Å². The first kappa shape index (κ1) is 11.5. The van der Waals surface area contributed by atoms with Crippen molar-refractivity contribution in [3.05, 3.63) is 0 Å². The molecule has 0 aliphatic carbocycles. The maximum Gasteiger partial charge on any atom is 0.308 e. The fourth-order valence-corrected chi connectivity index (χ4v) is 2.45. The van der Waals surface area contributed by atoms with E-state index in [1.54, 1.807) is 0 Å². The predicted octanol–water partition coefficient (Wildman–Crippen LogP) is 3.01. The van der Waals surface area contributed by atoms with Crippen LogP contribution < -0.4 is 0 Å². The molecule has 0 aromatic carbocycles. The molecule has 0 N–H and O–H groups in total. The summed E-state index contributed by atoms with van der Waals surface area (Å²) in [5.41, 5.74) is 0. The summed E-state index contributed by atoms with van der Waals surface area (Å²) in [5, 5.41) is 0. The number of carbonyl (C=O) groups is 1. The zero-order valence-corrected chi connectivity index (χ0v) is 9.75. The van der Waals surface area contributed by atoms with Gasteiger partial charge < -0.3 is 4.74 Å². The average molecular weight is 198 g/mol. The van der Waals surface area contributed by atoms with Gasteiger partial charge in [0, 0.05) is 0 Å². The van der Waals surface area contributed by atoms with Crippen LogP contribution in [-0.2, 0) is 9.53 Å². The number of carbonyl (C=O) groups excluding carboxylic acids is 1. The maximum atomic E-state index is 11.4. The molecule has 0 aromatic heterocycles. The number of esters is 1. The molecule has 1 saturated heterocycles. The molecule has 0 saturated carbocycles. The van der Waals surface area contributed by atoms with Crippen LogP contribution in [0.4, 0.5) is 0 Å². The summed E-state index contributed by atoms with van der Waals surface area (Å²) in [6.07, 6.45) is 3.45. The van der Waals surface area contributed by atoms with Crippen LogP contribution in [0.3, 0.4) is 0 Å². The van der Waals surface area contributed by atoms with Crippen LogP contribution in [0.25, 0.3) is 0 Å². The molecule has 4 atom stereocenters. The summed E-state index contributed by atoms with van der Waals surface area (Å²) in [5.74, 6) is 1.11. The SMILES string of the molecule is CCC[C@H](C)[C@H]1OC(=O)[C@H](C)C[C@@H]1C. The van der Waals surface area contributed by atoms with E-state index in [0.29, 0.717) is 11.8 Å². The van der Waals surface area contributed by atoms with Gasteiger partial charge in [-0.25, -0.2) is 0 Å². The van der Waals surface area contributed by atoms with Crippen molar-refractivity contribution in [2.24, 2.45) is 17.8 Å². The Labute approximate surface area is 87.0 Å². The van der Waals surface area contributed by atoms with E-state index in [1.807, 2.05) is 6.92 Å². The number of hydrogen-bond acceptors (Lipinski definition) is 2. The van der Waals surface area contributed by atoms with Gasteiger partial charge >= 0.3 is 5.97 Å². The Morgan fingerprint density at radius 1 is 1.50 bits per heavy atom. The van der Waals surface area contributed by atoms with Gasteiger partial charge in [-0.3, -0.25) is 4.79 Å². The Morgan fingerprint density at radius 3 is 2.71 bits per heavy atom. The lowest BCUT2D eigenvalue weighted by Crippen LogP contribution is -2.39. The van der Waals surface area contributed by atoms with Crippen LogP contribution in [0, 0.1) is 17.8 Å². The normalized spacial score (nSPS) is 35.1. The van der Waals surface area contributed by atoms with Crippen LogP contribution in [0.5, 0.6) is 0 Å². The van der Waals surface area contributed by atoms with Gasteiger partial charge in [0.1, 0.15) is 6.10 Å². The van der Waals surface area contributed by atoms with Crippen molar-refractivity contribution in [3.63, 3.8) is 0 Å². The molecule has 0 amide bonds. The molecular weight excluding hydrogens is 176 g/mol. The predicted molar refractivity (Wildman–Crippen MR) is 56.9 cm³/mol. The summed E-state index contributed by atoms with van der Waals surface area (Å²) < 4.78 is 5.49. The lowest BCUT2D eigenvalue weighted by molar-refractivity contribution is -0.168. The van der Waals surface area contributed by atoms with Crippen LogP contribution >= 0.6 is 0 Å². The van der Waals surface area contributed by atoms with Gasteiger partial charge in [-0.15, -0.1) is 0 Å². The minimum Gasteiger partial charge on any atom is -0.462 e. The standard InChI is InChI=1S/C12H22O2/c1-5-6-8(2)11-9(3)7-10(4)12(13)14-11/h8-11H,5-7H2,1-4H3/t8-,9-,10+,11+/m0/s1. The number of cyclic esters (lactones) is 1.